The highest BCUT2D eigenvalue weighted by atomic mass is 32.2. The quantitative estimate of drug-likeness (QED) is 0.360. The van der Waals surface area contributed by atoms with Gasteiger partial charge in [-0.3, -0.25) is 4.99 Å². The third-order valence-electron chi connectivity index (χ3n) is 4.98. The fourth-order valence-corrected chi connectivity index (χ4v) is 4.79. The van der Waals surface area contributed by atoms with Crippen molar-refractivity contribution in [3.63, 3.8) is 0 Å². The molecule has 33 heavy (non-hydrogen) atoms. The van der Waals surface area contributed by atoms with Gasteiger partial charge in [0.1, 0.15) is 5.71 Å². The minimum Gasteiger partial charge on any atom is -0.300 e. The van der Waals surface area contributed by atoms with Crippen molar-refractivity contribution in [1.29, 1.82) is 5.41 Å². The van der Waals surface area contributed by atoms with Gasteiger partial charge in [-0.25, -0.2) is 8.42 Å². The molecule has 0 saturated heterocycles. The van der Waals surface area contributed by atoms with Gasteiger partial charge >= 0.3 is 6.18 Å². The molecule has 1 heterocycles. The van der Waals surface area contributed by atoms with Crippen molar-refractivity contribution < 1.29 is 21.6 Å². The minimum atomic E-state index is -4.75. The molecule has 1 aromatic heterocycles. The van der Waals surface area contributed by atoms with Crippen molar-refractivity contribution in [2.45, 2.75) is 37.3 Å². The number of hydrogen-bond donors (Lipinski definition) is 1. The minimum absolute atomic E-state index is 0.117. The number of sulfone groups is 1. The molecule has 4 nitrogen and oxygen atoms in total. The predicted octanol–water partition coefficient (Wildman–Crippen LogP) is 7.03. The molecular formula is C24H23F3N2O2S2. The first-order valence-electron chi connectivity index (χ1n) is 10.1. The maximum absolute atomic E-state index is 13.2. The van der Waals surface area contributed by atoms with Crippen LogP contribution >= 0.6 is 11.3 Å². The summed E-state index contributed by atoms with van der Waals surface area (Å²) in [5.41, 5.74) is 1.52. The monoisotopic (exact) mass is 492 g/mol. The Kier molecular flexibility index (Phi) is 7.23. The SMILES string of the molecule is CC(C)c1ccccc1N=C(CC(=N)C(F)(F)F)c1cc(-c2cccc(S(C)(=O)=O)c2)cs1. The number of alkyl halides is 3. The zero-order valence-electron chi connectivity index (χ0n) is 18.3. The summed E-state index contributed by atoms with van der Waals surface area (Å²) in [7, 11) is -3.40. The summed E-state index contributed by atoms with van der Waals surface area (Å²) in [5, 5.41) is 9.27. The number of rotatable bonds is 7. The summed E-state index contributed by atoms with van der Waals surface area (Å²) >= 11 is 1.21. The van der Waals surface area contributed by atoms with Crippen LogP contribution in [0.25, 0.3) is 11.1 Å². The van der Waals surface area contributed by atoms with E-state index in [4.69, 9.17) is 5.41 Å². The van der Waals surface area contributed by atoms with E-state index in [9.17, 15) is 21.6 Å². The van der Waals surface area contributed by atoms with Crippen LogP contribution < -0.4 is 0 Å². The highest BCUT2D eigenvalue weighted by Crippen LogP contribution is 2.32. The van der Waals surface area contributed by atoms with Crippen molar-refractivity contribution >= 4 is 38.3 Å². The summed E-state index contributed by atoms with van der Waals surface area (Å²) in [4.78, 5) is 5.20. The maximum atomic E-state index is 13.2. The van der Waals surface area contributed by atoms with E-state index in [1.54, 1.807) is 35.7 Å². The fraction of sp³-hybridized carbons (Fsp3) is 0.250. The van der Waals surface area contributed by atoms with Gasteiger partial charge in [-0.05, 0) is 52.3 Å². The molecule has 2 aromatic carbocycles. The zero-order valence-corrected chi connectivity index (χ0v) is 19.9. The zero-order chi connectivity index (χ0) is 24.4. The van der Waals surface area contributed by atoms with Crippen molar-refractivity contribution in [1.82, 2.24) is 0 Å². The van der Waals surface area contributed by atoms with E-state index in [-0.39, 0.29) is 16.5 Å². The highest BCUT2D eigenvalue weighted by molar-refractivity contribution is 7.90. The first-order valence-corrected chi connectivity index (χ1v) is 12.8. The average Bonchev–Trinajstić information content (AvgIpc) is 3.22. The Morgan fingerprint density at radius 2 is 1.76 bits per heavy atom. The summed E-state index contributed by atoms with van der Waals surface area (Å²) in [6.45, 7) is 3.95. The van der Waals surface area contributed by atoms with Gasteiger partial charge in [-0.15, -0.1) is 11.3 Å². The Labute approximate surface area is 195 Å². The lowest BCUT2D eigenvalue weighted by atomic mass is 10.0. The molecular weight excluding hydrogens is 469 g/mol. The lowest BCUT2D eigenvalue weighted by Crippen LogP contribution is -2.24. The van der Waals surface area contributed by atoms with Crippen LogP contribution in [0.2, 0.25) is 0 Å². The molecule has 0 spiro atoms. The van der Waals surface area contributed by atoms with E-state index in [2.05, 4.69) is 4.99 Å². The molecule has 0 saturated carbocycles. The summed E-state index contributed by atoms with van der Waals surface area (Å²) in [6, 6.07) is 15.3. The molecule has 0 bridgehead atoms. The lowest BCUT2D eigenvalue weighted by Gasteiger charge is -2.13. The smallest absolute Gasteiger partial charge is 0.300 e. The normalized spacial score (nSPS) is 12.9. The van der Waals surface area contributed by atoms with Crippen LogP contribution in [-0.2, 0) is 9.84 Å². The lowest BCUT2D eigenvalue weighted by molar-refractivity contribution is -0.0605. The van der Waals surface area contributed by atoms with Gasteiger partial charge < -0.3 is 5.41 Å². The molecule has 0 aliphatic rings. The van der Waals surface area contributed by atoms with E-state index in [0.717, 1.165) is 11.8 Å². The fourth-order valence-electron chi connectivity index (χ4n) is 3.22. The molecule has 0 atom stereocenters. The molecule has 3 aromatic rings. The molecule has 0 fully saturated rings. The van der Waals surface area contributed by atoms with E-state index in [0.29, 0.717) is 21.7 Å². The first kappa shape index (κ1) is 24.9. The molecule has 0 aliphatic heterocycles. The number of nitrogens with one attached hydrogen (secondary N) is 1. The Morgan fingerprint density at radius 1 is 1.06 bits per heavy atom. The van der Waals surface area contributed by atoms with Crippen LogP contribution in [0.4, 0.5) is 18.9 Å². The van der Waals surface area contributed by atoms with Crippen LogP contribution in [0, 0.1) is 5.41 Å². The van der Waals surface area contributed by atoms with E-state index >= 15 is 0 Å². The number of para-hydroxylation sites is 1. The van der Waals surface area contributed by atoms with Crippen molar-refractivity contribution in [3.05, 3.63) is 70.4 Å². The molecule has 0 amide bonds. The summed E-state index contributed by atoms with van der Waals surface area (Å²) < 4.78 is 63.3. The number of thiophene rings is 1. The van der Waals surface area contributed by atoms with E-state index in [1.165, 1.54) is 23.5 Å². The Balaban J connectivity index is 2.08. The molecule has 1 N–H and O–H groups in total. The second-order valence-corrected chi connectivity index (χ2v) is 10.9. The number of halogens is 3. The van der Waals surface area contributed by atoms with Crippen LogP contribution in [0.5, 0.6) is 0 Å². The molecule has 0 unspecified atom stereocenters. The van der Waals surface area contributed by atoms with Gasteiger partial charge in [0.2, 0.25) is 0 Å². The van der Waals surface area contributed by atoms with Gasteiger partial charge in [0.05, 0.1) is 16.3 Å². The number of aliphatic imine (C=N–C) groups is 1. The molecule has 174 valence electrons. The van der Waals surface area contributed by atoms with Crippen LogP contribution in [0.1, 0.15) is 36.6 Å². The summed E-state index contributed by atoms with van der Waals surface area (Å²) in [6.07, 6.45) is -4.30. The second-order valence-electron chi connectivity index (χ2n) is 7.92. The Hall–Kier alpha value is -2.78. The Morgan fingerprint density at radius 3 is 2.39 bits per heavy atom. The number of nitrogens with zero attached hydrogens (tertiary/aromatic N) is 1. The second kappa shape index (κ2) is 9.61. The molecule has 0 radical (unpaired) electrons. The van der Waals surface area contributed by atoms with Gasteiger partial charge in [0, 0.05) is 17.6 Å². The predicted molar refractivity (Wildman–Crippen MR) is 128 cm³/mol. The molecule has 0 aliphatic carbocycles. The van der Waals surface area contributed by atoms with Gasteiger partial charge in [0.25, 0.3) is 0 Å². The Bertz CT molecular complexity index is 1310. The number of hydrogen-bond acceptors (Lipinski definition) is 5. The van der Waals surface area contributed by atoms with Crippen molar-refractivity contribution in [2.75, 3.05) is 6.26 Å². The first-order chi connectivity index (χ1) is 15.4. The van der Waals surface area contributed by atoms with Gasteiger partial charge in [-0.2, -0.15) is 13.2 Å². The van der Waals surface area contributed by atoms with Crippen LogP contribution in [0.15, 0.2) is 69.9 Å². The van der Waals surface area contributed by atoms with Crippen molar-refractivity contribution in [2.24, 2.45) is 4.99 Å². The van der Waals surface area contributed by atoms with Crippen molar-refractivity contribution in [3.8, 4) is 11.1 Å². The average molecular weight is 493 g/mol. The topological polar surface area (TPSA) is 70.3 Å². The summed E-state index contributed by atoms with van der Waals surface area (Å²) in [5.74, 6) is 0.117. The van der Waals surface area contributed by atoms with E-state index < -0.39 is 28.1 Å². The van der Waals surface area contributed by atoms with Crippen LogP contribution in [0.3, 0.4) is 0 Å². The maximum Gasteiger partial charge on any atom is 0.429 e. The molecule has 3 rings (SSSR count). The third kappa shape index (κ3) is 6.17. The standard InChI is InChI=1S/C24H23F3N2O2S2/c1-15(2)19-9-4-5-10-20(19)29-21(13-23(28)24(25,26)27)22-12-17(14-32-22)16-7-6-8-18(11-16)33(3,30)31/h4-12,14-15,28H,13H2,1-3H3. The van der Waals surface area contributed by atoms with Gasteiger partial charge in [-0.1, -0.05) is 44.2 Å². The van der Waals surface area contributed by atoms with Gasteiger partial charge in [0.15, 0.2) is 9.84 Å². The molecule has 9 heteroatoms. The van der Waals surface area contributed by atoms with Crippen LogP contribution in [-0.4, -0.2) is 32.3 Å². The van der Waals surface area contributed by atoms with E-state index in [1.807, 2.05) is 26.0 Å². The highest BCUT2D eigenvalue weighted by Gasteiger charge is 2.35. The number of benzene rings is 2. The largest absolute Gasteiger partial charge is 0.429 e. The third-order valence-corrected chi connectivity index (χ3v) is 7.07.